The summed E-state index contributed by atoms with van der Waals surface area (Å²) < 4.78 is 17.1. The molecule has 1 aliphatic rings. The molecule has 1 N–H and O–H groups in total. The Morgan fingerprint density at radius 3 is 2.16 bits per heavy atom. The van der Waals surface area contributed by atoms with E-state index in [2.05, 4.69) is 35.4 Å². The number of hydrogen-bond donors (Lipinski definition) is 1. The second kappa shape index (κ2) is 10.1. The van der Waals surface area contributed by atoms with Crippen LogP contribution in [0.15, 0.2) is 71.7 Å². The summed E-state index contributed by atoms with van der Waals surface area (Å²) in [4.78, 5) is 4.45. The quantitative estimate of drug-likeness (QED) is 0.552. The number of aryl methyl sites for hydroxylation is 1. The normalized spacial score (nSPS) is 12.9. The van der Waals surface area contributed by atoms with Crippen LogP contribution in [0.5, 0.6) is 11.5 Å². The lowest BCUT2D eigenvalue weighted by molar-refractivity contribution is 0.107. The van der Waals surface area contributed by atoms with Gasteiger partial charge in [0.25, 0.3) is 0 Å². The maximum atomic E-state index is 6.00. The molecule has 31 heavy (non-hydrogen) atoms. The van der Waals surface area contributed by atoms with E-state index in [0.717, 1.165) is 52.7 Å². The van der Waals surface area contributed by atoms with E-state index in [4.69, 9.17) is 14.2 Å². The van der Waals surface area contributed by atoms with Crippen molar-refractivity contribution in [3.05, 3.63) is 94.5 Å². The van der Waals surface area contributed by atoms with Crippen LogP contribution < -0.4 is 14.8 Å². The van der Waals surface area contributed by atoms with Crippen LogP contribution in [0.3, 0.4) is 0 Å². The first-order valence-electron chi connectivity index (χ1n) is 10.5. The fourth-order valence-electron chi connectivity index (χ4n) is 3.59. The first-order chi connectivity index (χ1) is 15.2. The summed E-state index contributed by atoms with van der Waals surface area (Å²) in [6.07, 6.45) is 0. The molecule has 0 bridgehead atoms. The number of amidine groups is 1. The second-order valence-corrected chi connectivity index (χ2v) is 7.64. The molecule has 0 atom stereocenters. The summed E-state index contributed by atoms with van der Waals surface area (Å²) in [6.45, 7) is 5.49. The first kappa shape index (κ1) is 20.9. The van der Waals surface area contributed by atoms with E-state index < -0.39 is 0 Å². The van der Waals surface area contributed by atoms with Gasteiger partial charge in [0, 0.05) is 12.1 Å². The summed E-state index contributed by atoms with van der Waals surface area (Å²) in [6, 6.07) is 22.5. The van der Waals surface area contributed by atoms with E-state index in [9.17, 15) is 0 Å². The van der Waals surface area contributed by atoms with E-state index >= 15 is 0 Å². The van der Waals surface area contributed by atoms with Gasteiger partial charge in [-0.3, -0.25) is 4.99 Å². The van der Waals surface area contributed by atoms with Crippen LogP contribution in [-0.2, 0) is 24.6 Å². The van der Waals surface area contributed by atoms with Crippen molar-refractivity contribution in [3.8, 4) is 11.5 Å². The average molecular weight is 417 g/mol. The molecule has 0 radical (unpaired) electrons. The van der Waals surface area contributed by atoms with Gasteiger partial charge in [0.05, 0.1) is 26.9 Å². The largest absolute Gasteiger partial charge is 0.497 e. The van der Waals surface area contributed by atoms with Crippen molar-refractivity contribution in [1.82, 2.24) is 5.32 Å². The van der Waals surface area contributed by atoms with Crippen molar-refractivity contribution in [1.29, 1.82) is 0 Å². The monoisotopic (exact) mass is 416 g/mol. The predicted molar refractivity (Wildman–Crippen MR) is 123 cm³/mol. The highest BCUT2D eigenvalue weighted by atomic mass is 16.5. The van der Waals surface area contributed by atoms with Crippen LogP contribution in [0.2, 0.25) is 0 Å². The number of methoxy groups -OCH3 is 1. The molecule has 0 aliphatic carbocycles. The van der Waals surface area contributed by atoms with Gasteiger partial charge in [-0.1, -0.05) is 35.9 Å². The van der Waals surface area contributed by atoms with Gasteiger partial charge in [0.2, 0.25) is 0 Å². The Bertz CT molecular complexity index is 1030. The molecule has 0 spiro atoms. The zero-order valence-electron chi connectivity index (χ0n) is 18.1. The number of aliphatic imine (C=N–C) groups is 1. The molecule has 1 heterocycles. The van der Waals surface area contributed by atoms with Gasteiger partial charge in [-0.05, 0) is 60.0 Å². The van der Waals surface area contributed by atoms with E-state index in [1.54, 1.807) is 7.11 Å². The van der Waals surface area contributed by atoms with Gasteiger partial charge in [0.15, 0.2) is 0 Å². The summed E-state index contributed by atoms with van der Waals surface area (Å²) in [5.74, 6) is 2.66. The Kier molecular flexibility index (Phi) is 6.85. The minimum atomic E-state index is 0.520. The van der Waals surface area contributed by atoms with Crippen molar-refractivity contribution < 1.29 is 14.2 Å². The molecule has 5 nitrogen and oxygen atoms in total. The third-order valence-corrected chi connectivity index (χ3v) is 5.10. The highest BCUT2D eigenvalue weighted by molar-refractivity contribution is 5.99. The van der Waals surface area contributed by atoms with E-state index in [-0.39, 0.29) is 0 Å². The van der Waals surface area contributed by atoms with Crippen molar-refractivity contribution >= 4 is 5.84 Å². The third-order valence-electron chi connectivity index (χ3n) is 5.10. The molecule has 0 fully saturated rings. The lowest BCUT2D eigenvalue weighted by atomic mass is 10.1. The lowest BCUT2D eigenvalue weighted by Crippen LogP contribution is -2.19. The zero-order chi connectivity index (χ0) is 21.5. The molecule has 3 aromatic rings. The minimum absolute atomic E-state index is 0.520. The first-order valence-corrected chi connectivity index (χ1v) is 10.5. The fraction of sp³-hybridized carbons (Fsp3) is 0.269. The summed E-state index contributed by atoms with van der Waals surface area (Å²) in [5, 5.41) is 3.29. The molecular weight excluding hydrogens is 388 g/mol. The maximum Gasteiger partial charge on any atom is 0.128 e. The van der Waals surface area contributed by atoms with Gasteiger partial charge < -0.3 is 19.5 Å². The molecule has 0 saturated carbocycles. The van der Waals surface area contributed by atoms with Crippen LogP contribution in [0.25, 0.3) is 0 Å². The Labute approximate surface area is 183 Å². The molecule has 0 aromatic heterocycles. The summed E-state index contributed by atoms with van der Waals surface area (Å²) in [7, 11) is 1.67. The number of rotatable bonds is 9. The number of nitrogens with one attached hydrogen (secondary N) is 1. The van der Waals surface area contributed by atoms with Crippen molar-refractivity contribution in [2.24, 2.45) is 4.99 Å². The number of nitrogens with zero attached hydrogens (tertiary/aromatic N) is 1. The highest BCUT2D eigenvalue weighted by Crippen LogP contribution is 2.18. The Balaban J connectivity index is 1.30. The van der Waals surface area contributed by atoms with Crippen molar-refractivity contribution in [2.45, 2.75) is 26.7 Å². The second-order valence-electron chi connectivity index (χ2n) is 7.64. The minimum Gasteiger partial charge on any atom is -0.497 e. The van der Waals surface area contributed by atoms with E-state index in [1.165, 1.54) is 5.56 Å². The maximum absolute atomic E-state index is 6.00. The third kappa shape index (κ3) is 5.86. The molecular formula is C26H28N2O3. The van der Waals surface area contributed by atoms with Crippen LogP contribution in [0.1, 0.15) is 27.8 Å². The Morgan fingerprint density at radius 2 is 1.48 bits per heavy atom. The Morgan fingerprint density at radius 1 is 0.806 bits per heavy atom. The van der Waals surface area contributed by atoms with E-state index in [1.807, 2.05) is 48.5 Å². The molecule has 0 unspecified atom stereocenters. The van der Waals surface area contributed by atoms with Gasteiger partial charge >= 0.3 is 0 Å². The van der Waals surface area contributed by atoms with Gasteiger partial charge in [0.1, 0.15) is 23.9 Å². The van der Waals surface area contributed by atoms with Gasteiger partial charge in [-0.2, -0.15) is 0 Å². The number of benzene rings is 3. The van der Waals surface area contributed by atoms with Crippen molar-refractivity contribution in [3.63, 3.8) is 0 Å². The number of hydrogen-bond acceptors (Lipinski definition) is 5. The van der Waals surface area contributed by atoms with Crippen LogP contribution in [0, 0.1) is 6.92 Å². The average Bonchev–Trinajstić information content (AvgIpc) is 3.33. The molecule has 0 saturated heterocycles. The summed E-state index contributed by atoms with van der Waals surface area (Å²) in [5.41, 5.74) is 5.70. The zero-order valence-corrected chi connectivity index (χ0v) is 18.1. The smallest absolute Gasteiger partial charge is 0.128 e. The van der Waals surface area contributed by atoms with Crippen LogP contribution >= 0.6 is 0 Å². The molecule has 0 amide bonds. The van der Waals surface area contributed by atoms with E-state index in [0.29, 0.717) is 19.8 Å². The van der Waals surface area contributed by atoms with Gasteiger partial charge in [-0.25, -0.2) is 0 Å². The highest BCUT2D eigenvalue weighted by Gasteiger charge is 2.08. The Hall–Kier alpha value is -3.31. The predicted octanol–water partition coefficient (Wildman–Crippen LogP) is 4.65. The van der Waals surface area contributed by atoms with Crippen LogP contribution in [0.4, 0.5) is 0 Å². The molecule has 4 rings (SSSR count). The standard InChI is InChI=1S/C26H28N2O3/c1-19-13-21(17-30-16-20-3-7-24(29-2)8-4-20)15-22(14-19)18-31-25-9-5-23(6-10-25)26-27-11-12-28-26/h3-10,13-15H,11-12,16-18H2,1-2H3,(H,27,28). The van der Waals surface area contributed by atoms with Gasteiger partial charge in [-0.15, -0.1) is 0 Å². The fourth-order valence-corrected chi connectivity index (χ4v) is 3.59. The van der Waals surface area contributed by atoms with Crippen molar-refractivity contribution in [2.75, 3.05) is 20.2 Å². The molecule has 3 aromatic carbocycles. The molecule has 1 aliphatic heterocycles. The summed E-state index contributed by atoms with van der Waals surface area (Å²) >= 11 is 0. The lowest BCUT2D eigenvalue weighted by Gasteiger charge is -2.11. The topological polar surface area (TPSA) is 52.1 Å². The number of ether oxygens (including phenoxy) is 3. The molecule has 160 valence electrons. The van der Waals surface area contributed by atoms with Crippen LogP contribution in [-0.4, -0.2) is 26.0 Å². The molecule has 5 heteroatoms. The SMILES string of the molecule is COc1ccc(COCc2cc(C)cc(COc3ccc(C4=NCCN4)cc3)c2)cc1.